The van der Waals surface area contributed by atoms with Crippen LogP contribution in [-0.4, -0.2) is 74.3 Å². The molecule has 0 aromatic heterocycles. The van der Waals surface area contributed by atoms with Gasteiger partial charge in [-0.05, 0) is 76.7 Å². The quantitative estimate of drug-likeness (QED) is 0.0205. The van der Waals surface area contributed by atoms with Crippen LogP contribution in [0.1, 0.15) is 290 Å². The molecular formula is C65H122N2O7P+. The summed E-state index contributed by atoms with van der Waals surface area (Å²) in [5.74, 6) is -0.509. The SMILES string of the molecule is CCCCC/C=C\C/C=C\C/C=C\C/C=C\CCCCCCCCCC(=O)OC(/C=C/CCCCCCCCCCCC)C(COP(=O)(O)OCC[N+](C)(C)C)NC(=O)CCCCCCCCCCCCCCCC. The van der Waals surface area contributed by atoms with Gasteiger partial charge in [-0.2, -0.15) is 0 Å². The molecule has 3 unspecified atom stereocenters. The van der Waals surface area contributed by atoms with Crippen molar-refractivity contribution in [3.8, 4) is 0 Å². The van der Waals surface area contributed by atoms with Gasteiger partial charge in [0, 0.05) is 12.8 Å². The number of allylic oxidation sites excluding steroid dienone is 9. The number of esters is 1. The minimum Gasteiger partial charge on any atom is -0.456 e. The fourth-order valence-electron chi connectivity index (χ4n) is 9.04. The highest BCUT2D eigenvalue weighted by molar-refractivity contribution is 7.47. The van der Waals surface area contributed by atoms with Crippen LogP contribution in [0.2, 0.25) is 0 Å². The molecular weight excluding hydrogens is 952 g/mol. The van der Waals surface area contributed by atoms with E-state index in [1.54, 1.807) is 0 Å². The van der Waals surface area contributed by atoms with E-state index in [0.29, 0.717) is 17.4 Å². The molecule has 75 heavy (non-hydrogen) atoms. The van der Waals surface area contributed by atoms with Gasteiger partial charge >= 0.3 is 13.8 Å². The highest BCUT2D eigenvalue weighted by atomic mass is 31.2. The van der Waals surface area contributed by atoms with Crippen molar-refractivity contribution in [2.75, 3.05) is 40.9 Å². The van der Waals surface area contributed by atoms with Crippen LogP contribution in [0, 0.1) is 0 Å². The summed E-state index contributed by atoms with van der Waals surface area (Å²) in [5, 5.41) is 3.06. The van der Waals surface area contributed by atoms with Crippen molar-refractivity contribution in [2.45, 2.75) is 303 Å². The van der Waals surface area contributed by atoms with Crippen molar-refractivity contribution < 1.29 is 37.3 Å². The Morgan fingerprint density at radius 1 is 0.467 bits per heavy atom. The number of nitrogens with one attached hydrogen (secondary N) is 1. The van der Waals surface area contributed by atoms with Gasteiger partial charge in [0.25, 0.3) is 0 Å². The molecule has 0 aliphatic carbocycles. The first-order chi connectivity index (χ1) is 36.4. The first-order valence-electron chi connectivity index (χ1n) is 31.6. The number of hydrogen-bond acceptors (Lipinski definition) is 6. The zero-order valence-corrected chi connectivity index (χ0v) is 50.9. The van der Waals surface area contributed by atoms with Crippen LogP contribution in [-0.2, 0) is 27.9 Å². The number of quaternary nitrogens is 1. The molecule has 0 aliphatic heterocycles. The lowest BCUT2D eigenvalue weighted by molar-refractivity contribution is -0.870. The van der Waals surface area contributed by atoms with Gasteiger partial charge in [-0.3, -0.25) is 18.6 Å². The molecule has 0 spiro atoms. The van der Waals surface area contributed by atoms with Gasteiger partial charge in [-0.1, -0.05) is 262 Å². The Labute approximate surface area is 464 Å². The lowest BCUT2D eigenvalue weighted by Gasteiger charge is -2.27. The summed E-state index contributed by atoms with van der Waals surface area (Å²) in [7, 11) is 1.49. The van der Waals surface area contributed by atoms with E-state index >= 15 is 0 Å². The number of carbonyl (C=O) groups excluding carboxylic acids is 2. The predicted molar refractivity (Wildman–Crippen MR) is 323 cm³/mol. The molecule has 0 fully saturated rings. The van der Waals surface area contributed by atoms with Crippen molar-refractivity contribution in [1.29, 1.82) is 0 Å². The number of amides is 1. The van der Waals surface area contributed by atoms with E-state index in [2.05, 4.69) is 74.7 Å². The number of unbranched alkanes of at least 4 members (excludes halogenated alkanes) is 33. The first-order valence-corrected chi connectivity index (χ1v) is 33.1. The summed E-state index contributed by atoms with van der Waals surface area (Å²) < 4.78 is 30.7. The van der Waals surface area contributed by atoms with Gasteiger partial charge in [-0.15, -0.1) is 0 Å². The van der Waals surface area contributed by atoms with E-state index < -0.39 is 20.0 Å². The number of phosphoric ester groups is 1. The molecule has 0 rings (SSSR count). The average molecular weight is 1070 g/mol. The zero-order chi connectivity index (χ0) is 55.0. The molecule has 0 radical (unpaired) electrons. The van der Waals surface area contributed by atoms with Crippen LogP contribution in [0.3, 0.4) is 0 Å². The molecule has 0 aliphatic rings. The van der Waals surface area contributed by atoms with E-state index in [-0.39, 0.29) is 31.5 Å². The molecule has 0 heterocycles. The number of nitrogens with zero attached hydrogens (tertiary/aromatic N) is 1. The minimum atomic E-state index is -4.45. The molecule has 2 N–H and O–H groups in total. The molecule has 10 heteroatoms. The molecule has 3 atom stereocenters. The summed E-state index contributed by atoms with van der Waals surface area (Å²) in [6.07, 6.45) is 69.2. The van der Waals surface area contributed by atoms with Crippen LogP contribution in [0.4, 0.5) is 0 Å². The second-order valence-electron chi connectivity index (χ2n) is 22.6. The predicted octanol–water partition coefficient (Wildman–Crippen LogP) is 19.4. The Kier molecular flexibility index (Phi) is 53.4. The third kappa shape index (κ3) is 56.2. The number of ether oxygens (including phenoxy) is 1. The maximum atomic E-state index is 13.5. The highest BCUT2D eigenvalue weighted by Gasteiger charge is 2.30. The second-order valence-corrected chi connectivity index (χ2v) is 24.0. The smallest absolute Gasteiger partial charge is 0.456 e. The summed E-state index contributed by atoms with van der Waals surface area (Å²) in [4.78, 5) is 37.7. The van der Waals surface area contributed by atoms with E-state index in [9.17, 15) is 19.0 Å². The largest absolute Gasteiger partial charge is 0.472 e. The fraction of sp³-hybridized carbons (Fsp3) is 0.815. The number of likely N-dealkylation sites (N-methyl/N-ethyl adjacent to an activating group) is 1. The molecule has 0 aromatic rings. The lowest BCUT2D eigenvalue weighted by Crippen LogP contribution is -2.47. The van der Waals surface area contributed by atoms with Crippen LogP contribution in [0.15, 0.2) is 60.8 Å². The maximum absolute atomic E-state index is 13.5. The Morgan fingerprint density at radius 3 is 1.24 bits per heavy atom. The molecule has 1 amide bonds. The Bertz CT molecular complexity index is 1470. The lowest BCUT2D eigenvalue weighted by atomic mass is 10.0. The summed E-state index contributed by atoms with van der Waals surface area (Å²) >= 11 is 0. The van der Waals surface area contributed by atoms with Gasteiger partial charge in [0.15, 0.2) is 0 Å². The van der Waals surface area contributed by atoms with Gasteiger partial charge in [0.2, 0.25) is 5.91 Å². The standard InChI is InChI=1S/C65H121N2O7P/c1-7-10-13-16-19-22-25-28-30-31-32-33-34-35-36-37-38-40-43-46-49-52-55-58-65(69)74-63(56-53-50-47-44-41-27-24-21-18-15-12-9-3)62(61-73-75(70,71)72-60-59-67(4,5)6)66-64(68)57-54-51-48-45-42-39-29-26-23-20-17-14-11-8-2/h19,22,28,30,32-33,35-36,53,56,62-63H,7-18,20-21,23-27,29,31,34,37-52,54-55,57-61H2,1-6H3,(H-,66,68,70,71)/p+1/b22-19-,30-28-,33-32-,36-35-,56-53+. The Hall–Kier alpha value is -2.29. The number of phosphoric acid groups is 1. The average Bonchev–Trinajstić information content (AvgIpc) is 3.37. The number of hydrogen-bond donors (Lipinski definition) is 2. The second kappa shape index (κ2) is 55.0. The molecule has 438 valence electrons. The van der Waals surface area contributed by atoms with E-state index in [0.717, 1.165) is 89.9 Å². The molecule has 0 aromatic carbocycles. The number of rotatable bonds is 57. The summed E-state index contributed by atoms with van der Waals surface area (Å²) in [6.45, 7) is 6.99. The van der Waals surface area contributed by atoms with Crippen LogP contribution >= 0.6 is 7.82 Å². The highest BCUT2D eigenvalue weighted by Crippen LogP contribution is 2.43. The van der Waals surface area contributed by atoms with E-state index in [1.165, 1.54) is 167 Å². The first kappa shape index (κ1) is 72.7. The van der Waals surface area contributed by atoms with Crippen molar-refractivity contribution in [2.24, 2.45) is 0 Å². The minimum absolute atomic E-state index is 0.0384. The maximum Gasteiger partial charge on any atom is 0.472 e. The van der Waals surface area contributed by atoms with Crippen molar-refractivity contribution in [1.82, 2.24) is 5.32 Å². The van der Waals surface area contributed by atoms with E-state index in [4.69, 9.17) is 13.8 Å². The van der Waals surface area contributed by atoms with Gasteiger partial charge in [-0.25, -0.2) is 4.57 Å². The zero-order valence-electron chi connectivity index (χ0n) is 50.0. The Balaban J connectivity index is 5.21. The molecule has 0 saturated heterocycles. The summed E-state index contributed by atoms with van der Waals surface area (Å²) in [5.41, 5.74) is 0. The van der Waals surface area contributed by atoms with Crippen molar-refractivity contribution in [3.05, 3.63) is 60.8 Å². The molecule has 0 saturated carbocycles. The molecule has 9 nitrogen and oxygen atoms in total. The van der Waals surface area contributed by atoms with Gasteiger partial charge in [0.05, 0.1) is 33.8 Å². The van der Waals surface area contributed by atoms with Crippen LogP contribution in [0.5, 0.6) is 0 Å². The van der Waals surface area contributed by atoms with E-state index in [1.807, 2.05) is 33.3 Å². The Morgan fingerprint density at radius 2 is 0.813 bits per heavy atom. The number of carbonyl (C=O) groups is 2. The van der Waals surface area contributed by atoms with Gasteiger partial charge in [0.1, 0.15) is 19.3 Å². The van der Waals surface area contributed by atoms with Gasteiger partial charge < -0.3 is 19.4 Å². The monoisotopic (exact) mass is 1070 g/mol. The summed E-state index contributed by atoms with van der Waals surface area (Å²) in [6, 6.07) is -0.851. The topological polar surface area (TPSA) is 111 Å². The molecule has 0 bridgehead atoms. The van der Waals surface area contributed by atoms with Crippen molar-refractivity contribution in [3.63, 3.8) is 0 Å². The third-order valence-electron chi connectivity index (χ3n) is 14.0. The van der Waals surface area contributed by atoms with Crippen LogP contribution in [0.25, 0.3) is 0 Å². The fourth-order valence-corrected chi connectivity index (χ4v) is 9.78. The van der Waals surface area contributed by atoms with Crippen LogP contribution < -0.4 is 5.32 Å². The van der Waals surface area contributed by atoms with Crippen molar-refractivity contribution >= 4 is 19.7 Å². The third-order valence-corrected chi connectivity index (χ3v) is 14.9. The normalized spacial score (nSPS) is 14.1.